The highest BCUT2D eigenvalue weighted by molar-refractivity contribution is 5.94. The molecule has 1 aliphatic carbocycles. The van der Waals surface area contributed by atoms with Crippen LogP contribution in [0.15, 0.2) is 24.3 Å². The highest BCUT2D eigenvalue weighted by Gasteiger charge is 2.31. The number of para-hydroxylation sites is 1. The molecule has 30 heavy (non-hydrogen) atoms. The smallest absolute Gasteiger partial charge is 0.407 e. The molecule has 162 valence electrons. The number of aromatic nitrogens is 2. The van der Waals surface area contributed by atoms with Gasteiger partial charge in [-0.1, -0.05) is 12.1 Å². The van der Waals surface area contributed by atoms with Crippen molar-refractivity contribution in [3.8, 4) is 5.69 Å². The van der Waals surface area contributed by atoms with Crippen molar-refractivity contribution in [2.75, 3.05) is 6.54 Å². The monoisotopic (exact) mass is 416 g/mol. The Morgan fingerprint density at radius 2 is 1.87 bits per heavy atom. The summed E-state index contributed by atoms with van der Waals surface area (Å²) in [6.45, 7) is 9.14. The second kappa shape index (κ2) is 8.08. The second-order valence-electron chi connectivity index (χ2n) is 9.18. The fourth-order valence-corrected chi connectivity index (χ4v) is 3.46. The Labute approximate surface area is 176 Å². The number of benzene rings is 1. The summed E-state index contributed by atoms with van der Waals surface area (Å²) >= 11 is 0. The number of hydrogen-bond acceptors (Lipinski definition) is 4. The second-order valence-corrected chi connectivity index (χ2v) is 9.18. The number of ether oxygens (including phenoxy) is 1. The molecule has 0 saturated heterocycles. The van der Waals surface area contributed by atoms with E-state index in [-0.39, 0.29) is 18.3 Å². The maximum Gasteiger partial charge on any atom is 0.407 e. The molecule has 1 aromatic carbocycles. The number of rotatable bonds is 5. The van der Waals surface area contributed by atoms with E-state index in [0.717, 1.165) is 30.5 Å². The van der Waals surface area contributed by atoms with Crippen LogP contribution in [0.25, 0.3) is 5.69 Å². The Morgan fingerprint density at radius 1 is 1.17 bits per heavy atom. The van der Waals surface area contributed by atoms with Crippen LogP contribution in [-0.4, -0.2) is 39.5 Å². The number of hydrogen-bond donors (Lipinski definition) is 2. The molecule has 2 amide bonds. The van der Waals surface area contributed by atoms with Gasteiger partial charge in [0.2, 0.25) is 0 Å². The zero-order valence-corrected chi connectivity index (χ0v) is 18.1. The predicted molar refractivity (Wildman–Crippen MR) is 111 cm³/mol. The first-order chi connectivity index (χ1) is 14.0. The van der Waals surface area contributed by atoms with Crippen LogP contribution in [0, 0.1) is 5.82 Å². The lowest BCUT2D eigenvalue weighted by atomic mass is 10.0. The molecule has 0 atom stereocenters. The summed E-state index contributed by atoms with van der Waals surface area (Å²) in [5.74, 6) is -0.734. The van der Waals surface area contributed by atoms with Crippen molar-refractivity contribution < 1.29 is 18.7 Å². The average Bonchev–Trinajstić information content (AvgIpc) is 3.21. The van der Waals surface area contributed by atoms with Crippen LogP contribution >= 0.6 is 0 Å². The lowest BCUT2D eigenvalue weighted by molar-refractivity contribution is 0.0509. The topological polar surface area (TPSA) is 85.2 Å². The van der Waals surface area contributed by atoms with Crippen LogP contribution in [0.1, 0.15) is 62.8 Å². The van der Waals surface area contributed by atoms with Gasteiger partial charge in [-0.15, -0.1) is 0 Å². The van der Waals surface area contributed by atoms with Crippen molar-refractivity contribution in [3.05, 3.63) is 47.0 Å². The Kier molecular flexibility index (Phi) is 5.87. The van der Waals surface area contributed by atoms with Crippen LogP contribution in [-0.2, 0) is 17.6 Å². The van der Waals surface area contributed by atoms with E-state index in [9.17, 15) is 14.0 Å². The number of carbonyl (C=O) groups is 2. The molecule has 1 heterocycles. The highest BCUT2D eigenvalue weighted by Crippen LogP contribution is 2.29. The summed E-state index contributed by atoms with van der Waals surface area (Å²) in [6, 6.07) is 6.39. The first kappa shape index (κ1) is 21.8. The third-order valence-corrected chi connectivity index (χ3v) is 4.75. The predicted octanol–water partition coefficient (Wildman–Crippen LogP) is 3.53. The minimum atomic E-state index is -0.735. The molecule has 0 bridgehead atoms. The van der Waals surface area contributed by atoms with Crippen molar-refractivity contribution in [2.45, 2.75) is 65.0 Å². The van der Waals surface area contributed by atoms with Gasteiger partial charge >= 0.3 is 6.09 Å². The van der Waals surface area contributed by atoms with E-state index in [2.05, 4.69) is 15.7 Å². The molecule has 0 saturated carbocycles. The zero-order chi connectivity index (χ0) is 22.1. The molecule has 2 N–H and O–H groups in total. The standard InChI is InChI=1S/C22H29FN4O3/c1-21(2,3)30-20(29)24-13-22(4,5)25-19(28)18-14-9-8-12-16(14)27(26-18)17-11-7-6-10-15(17)23/h6-7,10-11H,8-9,12-13H2,1-5H3,(H,24,29)(H,25,28). The zero-order valence-electron chi connectivity index (χ0n) is 18.1. The third-order valence-electron chi connectivity index (χ3n) is 4.75. The van der Waals surface area contributed by atoms with Crippen molar-refractivity contribution >= 4 is 12.0 Å². The normalized spacial score (nSPS) is 13.7. The molecule has 2 aromatic rings. The van der Waals surface area contributed by atoms with E-state index in [4.69, 9.17) is 4.74 Å². The maximum atomic E-state index is 14.3. The third kappa shape index (κ3) is 4.98. The molecule has 3 rings (SSSR count). The van der Waals surface area contributed by atoms with Crippen molar-refractivity contribution in [1.29, 1.82) is 0 Å². The van der Waals surface area contributed by atoms with Gasteiger partial charge in [-0.3, -0.25) is 4.79 Å². The van der Waals surface area contributed by atoms with Gasteiger partial charge in [0.15, 0.2) is 5.69 Å². The van der Waals surface area contributed by atoms with Gasteiger partial charge < -0.3 is 15.4 Å². The Balaban J connectivity index is 1.75. The molecular formula is C22H29FN4O3. The summed E-state index contributed by atoms with van der Waals surface area (Å²) in [4.78, 5) is 24.9. The number of nitrogens with zero attached hydrogens (tertiary/aromatic N) is 2. The van der Waals surface area contributed by atoms with Crippen molar-refractivity contribution in [2.24, 2.45) is 0 Å². The lowest BCUT2D eigenvalue weighted by Gasteiger charge is -2.27. The number of amides is 2. The van der Waals surface area contributed by atoms with E-state index in [1.165, 1.54) is 6.07 Å². The molecule has 0 radical (unpaired) electrons. The lowest BCUT2D eigenvalue weighted by Crippen LogP contribution is -2.52. The van der Waals surface area contributed by atoms with Gasteiger partial charge in [0.1, 0.15) is 17.1 Å². The summed E-state index contributed by atoms with van der Waals surface area (Å²) < 4.78 is 21.1. The molecule has 8 heteroatoms. The minimum absolute atomic E-state index is 0.184. The number of fused-ring (bicyclic) bond motifs is 1. The molecule has 7 nitrogen and oxygen atoms in total. The Hall–Kier alpha value is -2.90. The van der Waals surface area contributed by atoms with E-state index >= 15 is 0 Å². The fraction of sp³-hybridized carbons (Fsp3) is 0.500. The molecule has 0 unspecified atom stereocenters. The highest BCUT2D eigenvalue weighted by atomic mass is 19.1. The van der Waals surface area contributed by atoms with Gasteiger partial charge in [0.05, 0.1) is 5.54 Å². The average molecular weight is 416 g/mol. The quantitative estimate of drug-likeness (QED) is 0.781. The molecule has 0 aliphatic heterocycles. The van der Waals surface area contributed by atoms with Gasteiger partial charge in [-0.25, -0.2) is 13.9 Å². The number of nitrogens with one attached hydrogen (secondary N) is 2. The number of halogens is 1. The first-order valence-corrected chi connectivity index (χ1v) is 10.1. The summed E-state index contributed by atoms with van der Waals surface area (Å²) in [5, 5.41) is 10.0. The molecule has 1 aliphatic rings. The fourth-order valence-electron chi connectivity index (χ4n) is 3.46. The molecule has 0 spiro atoms. The summed E-state index contributed by atoms with van der Waals surface area (Å²) in [7, 11) is 0. The van der Waals surface area contributed by atoms with Crippen molar-refractivity contribution in [1.82, 2.24) is 20.4 Å². The van der Waals surface area contributed by atoms with E-state index in [1.807, 2.05) is 0 Å². The van der Waals surface area contributed by atoms with Crippen LogP contribution < -0.4 is 10.6 Å². The Bertz CT molecular complexity index is 960. The van der Waals surface area contributed by atoms with Gasteiger partial charge in [-0.2, -0.15) is 5.10 Å². The van der Waals surface area contributed by atoms with Crippen LogP contribution in [0.2, 0.25) is 0 Å². The van der Waals surface area contributed by atoms with Crippen LogP contribution in [0.5, 0.6) is 0 Å². The minimum Gasteiger partial charge on any atom is -0.444 e. The maximum absolute atomic E-state index is 14.3. The largest absolute Gasteiger partial charge is 0.444 e. The summed E-state index contributed by atoms with van der Waals surface area (Å²) in [5.41, 5.74) is 1.02. The number of carbonyl (C=O) groups excluding carboxylic acids is 2. The van der Waals surface area contributed by atoms with Crippen LogP contribution in [0.4, 0.5) is 9.18 Å². The SMILES string of the molecule is CC(C)(CNC(=O)OC(C)(C)C)NC(=O)c1nn(-c2ccccc2F)c2c1CCC2. The van der Waals surface area contributed by atoms with Gasteiger partial charge in [0, 0.05) is 17.8 Å². The molecule has 1 aromatic heterocycles. The Morgan fingerprint density at radius 3 is 2.53 bits per heavy atom. The number of alkyl carbamates (subject to hydrolysis) is 1. The molecule has 0 fully saturated rings. The van der Waals surface area contributed by atoms with Crippen LogP contribution in [0.3, 0.4) is 0 Å². The van der Waals surface area contributed by atoms with E-state index < -0.39 is 17.2 Å². The van der Waals surface area contributed by atoms with E-state index in [0.29, 0.717) is 11.4 Å². The first-order valence-electron chi connectivity index (χ1n) is 10.1. The van der Waals surface area contributed by atoms with Gasteiger partial charge in [0.25, 0.3) is 5.91 Å². The van der Waals surface area contributed by atoms with Crippen molar-refractivity contribution in [3.63, 3.8) is 0 Å². The summed E-state index contributed by atoms with van der Waals surface area (Å²) in [6.07, 6.45) is 1.82. The van der Waals surface area contributed by atoms with E-state index in [1.54, 1.807) is 57.5 Å². The molecular weight excluding hydrogens is 387 g/mol. The van der Waals surface area contributed by atoms with Gasteiger partial charge in [-0.05, 0) is 66.0 Å².